The molecule has 1 amide bonds. The Morgan fingerprint density at radius 3 is 2.86 bits per heavy atom. The van der Waals surface area contributed by atoms with Crippen LogP contribution in [0.15, 0.2) is 55.0 Å². The van der Waals surface area contributed by atoms with E-state index in [0.717, 1.165) is 16.7 Å². The number of fused-ring (bicyclic) bond motifs is 1. The van der Waals surface area contributed by atoms with Crippen LogP contribution in [0.4, 0.5) is 5.82 Å². The second-order valence-corrected chi connectivity index (χ2v) is 6.45. The molecule has 0 spiro atoms. The molecule has 0 saturated carbocycles. The van der Waals surface area contributed by atoms with E-state index in [9.17, 15) is 9.90 Å². The van der Waals surface area contributed by atoms with Crippen molar-refractivity contribution >= 4 is 11.7 Å². The highest BCUT2D eigenvalue weighted by Gasteiger charge is 2.25. The van der Waals surface area contributed by atoms with E-state index in [1.54, 1.807) is 48.7 Å². The Hall–Kier alpha value is -3.61. The van der Waals surface area contributed by atoms with Crippen LogP contribution in [0.25, 0.3) is 11.1 Å². The van der Waals surface area contributed by atoms with Gasteiger partial charge in [-0.05, 0) is 35.9 Å². The number of nitrogens with zero attached hydrogens (tertiary/aromatic N) is 3. The zero-order valence-corrected chi connectivity index (χ0v) is 15.4. The summed E-state index contributed by atoms with van der Waals surface area (Å²) in [6, 6.07) is 10.8. The van der Waals surface area contributed by atoms with E-state index in [4.69, 9.17) is 4.74 Å². The predicted octanol–water partition coefficient (Wildman–Crippen LogP) is 2.93. The fraction of sp³-hybridized carbons (Fsp3) is 0.190. The van der Waals surface area contributed by atoms with Crippen molar-refractivity contribution in [3.05, 3.63) is 66.1 Å². The van der Waals surface area contributed by atoms with Gasteiger partial charge in [-0.25, -0.2) is 4.98 Å². The second kappa shape index (κ2) is 7.56. The zero-order chi connectivity index (χ0) is 19.5. The molecule has 4 rings (SSSR count). The first-order valence-corrected chi connectivity index (χ1v) is 8.98. The number of aromatic nitrogens is 2. The lowest BCUT2D eigenvalue weighted by molar-refractivity contribution is 0.0734. The summed E-state index contributed by atoms with van der Waals surface area (Å²) in [6.45, 7) is 1.04. The summed E-state index contributed by atoms with van der Waals surface area (Å²) in [7, 11) is 1.73. The molecule has 7 nitrogen and oxygen atoms in total. The van der Waals surface area contributed by atoms with E-state index in [1.165, 1.54) is 0 Å². The van der Waals surface area contributed by atoms with E-state index in [1.807, 2.05) is 18.2 Å². The lowest BCUT2D eigenvalue weighted by Crippen LogP contribution is -2.33. The number of benzene rings is 1. The van der Waals surface area contributed by atoms with Crippen molar-refractivity contribution in [2.75, 3.05) is 25.5 Å². The lowest BCUT2D eigenvalue weighted by atomic mass is 10.0. The van der Waals surface area contributed by atoms with Gasteiger partial charge in [0.25, 0.3) is 5.91 Å². The highest BCUT2D eigenvalue weighted by molar-refractivity contribution is 5.98. The van der Waals surface area contributed by atoms with Gasteiger partial charge in [0.05, 0.1) is 12.1 Å². The Labute approximate surface area is 162 Å². The minimum atomic E-state index is -0.139. The van der Waals surface area contributed by atoms with Gasteiger partial charge >= 0.3 is 0 Å². The monoisotopic (exact) mass is 376 g/mol. The summed E-state index contributed by atoms with van der Waals surface area (Å²) < 4.78 is 5.75. The molecule has 0 atom stereocenters. The van der Waals surface area contributed by atoms with Crippen LogP contribution in [0.5, 0.6) is 11.5 Å². The molecule has 0 bridgehead atoms. The topological polar surface area (TPSA) is 87.6 Å². The third-order valence-corrected chi connectivity index (χ3v) is 4.67. The third kappa shape index (κ3) is 3.34. The molecule has 7 heteroatoms. The van der Waals surface area contributed by atoms with Gasteiger partial charge in [0.2, 0.25) is 0 Å². The van der Waals surface area contributed by atoms with Crippen molar-refractivity contribution < 1.29 is 14.6 Å². The average Bonchev–Trinajstić information content (AvgIpc) is 2.96. The van der Waals surface area contributed by atoms with Gasteiger partial charge in [-0.3, -0.25) is 9.78 Å². The highest BCUT2D eigenvalue weighted by atomic mass is 16.5. The number of anilines is 1. The fourth-order valence-electron chi connectivity index (χ4n) is 3.32. The summed E-state index contributed by atoms with van der Waals surface area (Å²) >= 11 is 0. The van der Waals surface area contributed by atoms with Crippen LogP contribution in [0.1, 0.15) is 15.9 Å². The molecule has 2 N–H and O–H groups in total. The number of aromatic hydroxyl groups is 1. The number of amides is 1. The fourth-order valence-corrected chi connectivity index (χ4v) is 3.32. The molecular formula is C21H20N4O3. The first-order chi connectivity index (χ1) is 13.7. The number of nitrogens with one attached hydrogen (secondary N) is 1. The number of hydrogen-bond donors (Lipinski definition) is 2. The van der Waals surface area contributed by atoms with Crippen LogP contribution in [0, 0.1) is 0 Å². The van der Waals surface area contributed by atoms with Crippen LogP contribution < -0.4 is 10.1 Å². The van der Waals surface area contributed by atoms with Crippen LogP contribution in [-0.4, -0.2) is 46.1 Å². The maximum absolute atomic E-state index is 13.1. The predicted molar refractivity (Wildman–Crippen MR) is 105 cm³/mol. The highest BCUT2D eigenvalue weighted by Crippen LogP contribution is 2.37. The maximum Gasteiger partial charge on any atom is 0.258 e. The molecule has 3 aromatic rings. The molecule has 0 radical (unpaired) electrons. The van der Waals surface area contributed by atoms with Crippen LogP contribution in [0.2, 0.25) is 0 Å². The Kier molecular flexibility index (Phi) is 4.80. The van der Waals surface area contributed by atoms with Crippen LogP contribution >= 0.6 is 0 Å². The van der Waals surface area contributed by atoms with Gasteiger partial charge in [-0.1, -0.05) is 6.07 Å². The molecule has 1 aromatic carbocycles. The number of rotatable bonds is 3. The molecule has 2 aromatic heterocycles. The number of phenolic OH excluding ortho intramolecular Hbond substituents is 1. The zero-order valence-electron chi connectivity index (χ0n) is 15.4. The molecule has 0 fully saturated rings. The minimum Gasteiger partial charge on any atom is -0.504 e. The summed E-state index contributed by atoms with van der Waals surface area (Å²) in [5.41, 5.74) is 2.95. The molecule has 0 saturated heterocycles. The Morgan fingerprint density at radius 2 is 2.07 bits per heavy atom. The quantitative estimate of drug-likeness (QED) is 0.731. The number of phenols is 1. The summed E-state index contributed by atoms with van der Waals surface area (Å²) in [5.74, 6) is 0.871. The van der Waals surface area contributed by atoms with E-state index < -0.39 is 0 Å². The smallest absolute Gasteiger partial charge is 0.258 e. The Balaban J connectivity index is 1.69. The Morgan fingerprint density at radius 1 is 1.21 bits per heavy atom. The van der Waals surface area contributed by atoms with E-state index in [-0.39, 0.29) is 11.7 Å². The van der Waals surface area contributed by atoms with Gasteiger partial charge in [-0.2, -0.15) is 0 Å². The lowest BCUT2D eigenvalue weighted by Gasteiger charge is -2.21. The first kappa shape index (κ1) is 17.8. The molecule has 0 unspecified atom stereocenters. The van der Waals surface area contributed by atoms with Gasteiger partial charge in [0, 0.05) is 43.3 Å². The van der Waals surface area contributed by atoms with E-state index in [2.05, 4.69) is 15.3 Å². The van der Waals surface area contributed by atoms with Crippen molar-refractivity contribution in [1.29, 1.82) is 0 Å². The molecule has 142 valence electrons. The standard InChI is InChI=1S/C21H20N4O3/c1-22-20-17(5-3-7-24-20)21(27)25-8-9-28-19-16(13-25)10-15(11-18(19)26)14-4-2-6-23-12-14/h2-7,10-12,26H,8-9,13H2,1H3,(H,22,24). The van der Waals surface area contributed by atoms with E-state index in [0.29, 0.717) is 36.8 Å². The number of hydrogen-bond acceptors (Lipinski definition) is 6. The normalized spacial score (nSPS) is 13.2. The second-order valence-electron chi connectivity index (χ2n) is 6.45. The Bertz CT molecular complexity index is 1010. The van der Waals surface area contributed by atoms with Crippen molar-refractivity contribution in [1.82, 2.24) is 14.9 Å². The minimum absolute atomic E-state index is 0.0583. The van der Waals surface area contributed by atoms with Gasteiger partial charge in [0.1, 0.15) is 12.4 Å². The van der Waals surface area contributed by atoms with Crippen molar-refractivity contribution in [3.8, 4) is 22.6 Å². The van der Waals surface area contributed by atoms with Crippen molar-refractivity contribution in [2.45, 2.75) is 6.54 Å². The average molecular weight is 376 g/mol. The third-order valence-electron chi connectivity index (χ3n) is 4.67. The number of carbonyl (C=O) groups is 1. The number of pyridine rings is 2. The number of ether oxygens (including phenoxy) is 1. The van der Waals surface area contributed by atoms with Gasteiger partial charge < -0.3 is 20.1 Å². The maximum atomic E-state index is 13.1. The number of carbonyl (C=O) groups excluding carboxylic acids is 1. The molecule has 1 aliphatic heterocycles. The SMILES string of the molecule is CNc1ncccc1C(=O)N1CCOc2c(O)cc(-c3cccnc3)cc2C1. The summed E-state index contributed by atoms with van der Waals surface area (Å²) in [4.78, 5) is 23.1. The van der Waals surface area contributed by atoms with Crippen molar-refractivity contribution in [3.63, 3.8) is 0 Å². The molecule has 0 aliphatic carbocycles. The van der Waals surface area contributed by atoms with Gasteiger partial charge in [-0.15, -0.1) is 0 Å². The van der Waals surface area contributed by atoms with Crippen LogP contribution in [0.3, 0.4) is 0 Å². The summed E-state index contributed by atoms with van der Waals surface area (Å²) in [6.07, 6.45) is 5.07. The molecule has 28 heavy (non-hydrogen) atoms. The summed E-state index contributed by atoms with van der Waals surface area (Å²) in [5, 5.41) is 13.4. The molecule has 3 heterocycles. The first-order valence-electron chi connectivity index (χ1n) is 8.98. The van der Waals surface area contributed by atoms with Gasteiger partial charge in [0.15, 0.2) is 11.5 Å². The van der Waals surface area contributed by atoms with Crippen LogP contribution in [-0.2, 0) is 6.54 Å². The van der Waals surface area contributed by atoms with E-state index >= 15 is 0 Å². The molecular weight excluding hydrogens is 356 g/mol. The molecule has 1 aliphatic rings. The largest absolute Gasteiger partial charge is 0.504 e. The van der Waals surface area contributed by atoms with Crippen molar-refractivity contribution in [2.24, 2.45) is 0 Å².